The van der Waals surface area contributed by atoms with Crippen LogP contribution in [0, 0.1) is 0 Å². The average molecular weight is 178 g/mol. The Morgan fingerprint density at radius 2 is 2.08 bits per heavy atom. The Bertz CT molecular complexity index is 258. The summed E-state index contributed by atoms with van der Waals surface area (Å²) in [5.74, 6) is 0.471. The van der Waals surface area contributed by atoms with Crippen molar-refractivity contribution in [2.24, 2.45) is 0 Å². The predicted octanol–water partition coefficient (Wildman–Crippen LogP) is 1.55. The van der Waals surface area contributed by atoms with Gasteiger partial charge in [-0.3, -0.25) is 0 Å². The van der Waals surface area contributed by atoms with Crippen LogP contribution in [-0.4, -0.2) is 24.4 Å². The van der Waals surface area contributed by atoms with Crippen LogP contribution in [0.3, 0.4) is 0 Å². The molecule has 1 heterocycles. The third-order valence-corrected chi connectivity index (χ3v) is 2.56. The number of rotatable bonds is 2. The first-order chi connectivity index (χ1) is 6.40. The lowest BCUT2D eigenvalue weighted by Gasteiger charge is -2.06. The molecule has 1 aliphatic rings. The van der Waals surface area contributed by atoms with Gasteiger partial charge in [-0.25, -0.2) is 0 Å². The maximum atomic E-state index is 8.91. The third-order valence-electron chi connectivity index (χ3n) is 2.56. The molecule has 1 aromatic carbocycles. The number of aliphatic hydroxyl groups is 1. The van der Waals surface area contributed by atoms with Gasteiger partial charge < -0.3 is 9.84 Å². The Morgan fingerprint density at radius 1 is 1.31 bits per heavy atom. The molecular formula is C11H14O2. The molecular weight excluding hydrogens is 164 g/mol. The fourth-order valence-corrected chi connectivity index (χ4v) is 1.79. The number of ether oxygens (including phenoxy) is 1. The fraction of sp³-hybridized carbons (Fsp3) is 0.455. The van der Waals surface area contributed by atoms with E-state index in [1.807, 2.05) is 18.2 Å². The summed E-state index contributed by atoms with van der Waals surface area (Å²) in [4.78, 5) is 0. The molecule has 1 fully saturated rings. The number of aliphatic hydroxyl groups excluding tert-OH is 1. The minimum atomic E-state index is 0.0465. The molecule has 2 heteroatoms. The van der Waals surface area contributed by atoms with E-state index in [0.29, 0.717) is 5.92 Å². The van der Waals surface area contributed by atoms with Gasteiger partial charge in [-0.15, -0.1) is 0 Å². The molecule has 0 radical (unpaired) electrons. The van der Waals surface area contributed by atoms with Crippen molar-refractivity contribution >= 4 is 0 Å². The van der Waals surface area contributed by atoms with Crippen LogP contribution in [0.5, 0.6) is 0 Å². The van der Waals surface area contributed by atoms with Gasteiger partial charge in [0, 0.05) is 5.92 Å². The van der Waals surface area contributed by atoms with Crippen molar-refractivity contribution < 1.29 is 9.84 Å². The van der Waals surface area contributed by atoms with E-state index in [0.717, 1.165) is 13.0 Å². The SMILES string of the molecule is OCC1CC(c2ccccc2)CO1. The van der Waals surface area contributed by atoms with E-state index in [-0.39, 0.29) is 12.7 Å². The highest BCUT2D eigenvalue weighted by molar-refractivity contribution is 5.20. The van der Waals surface area contributed by atoms with Crippen molar-refractivity contribution in [1.29, 1.82) is 0 Å². The Balaban J connectivity index is 2.04. The minimum Gasteiger partial charge on any atom is -0.394 e. The van der Waals surface area contributed by atoms with Crippen LogP contribution >= 0.6 is 0 Å². The van der Waals surface area contributed by atoms with Gasteiger partial charge in [0.25, 0.3) is 0 Å². The van der Waals surface area contributed by atoms with E-state index in [9.17, 15) is 0 Å². The van der Waals surface area contributed by atoms with Crippen molar-refractivity contribution in [1.82, 2.24) is 0 Å². The van der Waals surface area contributed by atoms with Gasteiger partial charge in [0.05, 0.1) is 19.3 Å². The zero-order valence-electron chi connectivity index (χ0n) is 7.52. The molecule has 2 nitrogen and oxygen atoms in total. The van der Waals surface area contributed by atoms with E-state index >= 15 is 0 Å². The Labute approximate surface area is 78.2 Å². The largest absolute Gasteiger partial charge is 0.394 e. The van der Waals surface area contributed by atoms with Crippen LogP contribution in [0.15, 0.2) is 30.3 Å². The molecule has 1 aromatic rings. The summed E-state index contributed by atoms with van der Waals surface area (Å²) in [6, 6.07) is 10.3. The molecule has 13 heavy (non-hydrogen) atoms. The maximum absolute atomic E-state index is 8.91. The maximum Gasteiger partial charge on any atom is 0.0812 e. The smallest absolute Gasteiger partial charge is 0.0812 e. The molecule has 2 atom stereocenters. The molecule has 0 amide bonds. The molecule has 0 saturated carbocycles. The lowest BCUT2D eigenvalue weighted by Crippen LogP contribution is -2.09. The van der Waals surface area contributed by atoms with Gasteiger partial charge >= 0.3 is 0 Å². The second-order valence-electron chi connectivity index (χ2n) is 3.48. The second kappa shape index (κ2) is 3.90. The quantitative estimate of drug-likeness (QED) is 0.744. The normalized spacial score (nSPS) is 27.8. The van der Waals surface area contributed by atoms with Crippen molar-refractivity contribution in [3.63, 3.8) is 0 Å². The van der Waals surface area contributed by atoms with Gasteiger partial charge in [-0.05, 0) is 12.0 Å². The van der Waals surface area contributed by atoms with Crippen LogP contribution < -0.4 is 0 Å². The first-order valence-corrected chi connectivity index (χ1v) is 4.67. The Morgan fingerprint density at radius 3 is 2.69 bits per heavy atom. The highest BCUT2D eigenvalue weighted by Gasteiger charge is 2.25. The van der Waals surface area contributed by atoms with Gasteiger partial charge in [-0.1, -0.05) is 30.3 Å². The molecule has 0 aromatic heterocycles. The molecule has 1 N–H and O–H groups in total. The van der Waals surface area contributed by atoms with Gasteiger partial charge in [0.2, 0.25) is 0 Å². The summed E-state index contributed by atoms with van der Waals surface area (Å²) in [6.07, 6.45) is 0.991. The van der Waals surface area contributed by atoms with Crippen LogP contribution in [0.1, 0.15) is 17.9 Å². The van der Waals surface area contributed by atoms with Crippen LogP contribution in [0.2, 0.25) is 0 Å². The average Bonchev–Trinajstić information content (AvgIpc) is 2.67. The Hall–Kier alpha value is -0.860. The predicted molar refractivity (Wildman–Crippen MR) is 50.6 cm³/mol. The van der Waals surface area contributed by atoms with Crippen LogP contribution in [-0.2, 0) is 4.74 Å². The highest BCUT2D eigenvalue weighted by atomic mass is 16.5. The summed E-state index contributed by atoms with van der Waals surface area (Å²) >= 11 is 0. The topological polar surface area (TPSA) is 29.5 Å². The van der Waals surface area contributed by atoms with Crippen LogP contribution in [0.4, 0.5) is 0 Å². The first-order valence-electron chi connectivity index (χ1n) is 4.67. The molecule has 2 rings (SSSR count). The van der Waals surface area contributed by atoms with Crippen LogP contribution in [0.25, 0.3) is 0 Å². The minimum absolute atomic E-state index is 0.0465. The Kier molecular flexibility index (Phi) is 2.62. The molecule has 2 unspecified atom stereocenters. The van der Waals surface area contributed by atoms with E-state index in [4.69, 9.17) is 9.84 Å². The summed E-state index contributed by atoms with van der Waals surface area (Å²) < 4.78 is 5.42. The molecule has 0 bridgehead atoms. The number of hydrogen-bond donors (Lipinski definition) is 1. The van der Waals surface area contributed by atoms with Crippen molar-refractivity contribution in [3.05, 3.63) is 35.9 Å². The molecule has 0 aliphatic carbocycles. The van der Waals surface area contributed by atoms with Gasteiger partial charge in [-0.2, -0.15) is 0 Å². The summed E-state index contributed by atoms with van der Waals surface area (Å²) in [5, 5.41) is 8.91. The molecule has 70 valence electrons. The zero-order valence-corrected chi connectivity index (χ0v) is 7.52. The van der Waals surface area contributed by atoms with Gasteiger partial charge in [0.1, 0.15) is 0 Å². The van der Waals surface area contributed by atoms with Crippen molar-refractivity contribution in [2.45, 2.75) is 18.4 Å². The third kappa shape index (κ3) is 1.90. The van der Waals surface area contributed by atoms with E-state index in [1.165, 1.54) is 5.56 Å². The zero-order chi connectivity index (χ0) is 9.10. The monoisotopic (exact) mass is 178 g/mol. The molecule has 0 spiro atoms. The molecule has 1 aliphatic heterocycles. The number of hydrogen-bond acceptors (Lipinski definition) is 2. The standard InChI is InChI=1S/C11H14O2/c12-7-11-6-10(8-13-11)9-4-2-1-3-5-9/h1-5,10-12H,6-8H2. The summed E-state index contributed by atoms with van der Waals surface area (Å²) in [6.45, 7) is 0.887. The highest BCUT2D eigenvalue weighted by Crippen LogP contribution is 2.28. The van der Waals surface area contributed by atoms with E-state index in [2.05, 4.69) is 12.1 Å². The van der Waals surface area contributed by atoms with Gasteiger partial charge in [0.15, 0.2) is 0 Å². The first kappa shape index (κ1) is 8.73. The fourth-order valence-electron chi connectivity index (χ4n) is 1.79. The number of benzene rings is 1. The molecule has 1 saturated heterocycles. The lowest BCUT2D eigenvalue weighted by molar-refractivity contribution is 0.0585. The lowest BCUT2D eigenvalue weighted by atomic mass is 9.97. The summed E-state index contributed by atoms with van der Waals surface area (Å²) in [5.41, 5.74) is 1.32. The van der Waals surface area contributed by atoms with Crippen molar-refractivity contribution in [2.75, 3.05) is 13.2 Å². The van der Waals surface area contributed by atoms with E-state index in [1.54, 1.807) is 0 Å². The second-order valence-corrected chi connectivity index (χ2v) is 3.48. The summed E-state index contributed by atoms with van der Waals surface area (Å²) in [7, 11) is 0. The van der Waals surface area contributed by atoms with E-state index < -0.39 is 0 Å². The van der Waals surface area contributed by atoms with Crippen molar-refractivity contribution in [3.8, 4) is 0 Å².